The lowest BCUT2D eigenvalue weighted by molar-refractivity contribution is 0.0717. The molecule has 1 aromatic carbocycles. The lowest BCUT2D eigenvalue weighted by Crippen LogP contribution is -2.45. The maximum atomic E-state index is 12.1. The minimum Gasteiger partial charge on any atom is -0.391 e. The molecule has 1 aliphatic carbocycles. The highest BCUT2D eigenvalue weighted by Crippen LogP contribution is 2.19. The van der Waals surface area contributed by atoms with Crippen LogP contribution in [0.4, 0.5) is 0 Å². The third kappa shape index (κ3) is 3.20. The molecule has 1 saturated carbocycles. The van der Waals surface area contributed by atoms with Crippen LogP contribution in [0.2, 0.25) is 0 Å². The second-order valence-corrected chi connectivity index (χ2v) is 5.12. The summed E-state index contributed by atoms with van der Waals surface area (Å²) in [5, 5.41) is 12.7. The number of hydrogen-bond donors (Lipinski definition) is 2. The molecule has 1 aliphatic rings. The van der Waals surface area contributed by atoms with Crippen LogP contribution >= 0.6 is 0 Å². The summed E-state index contributed by atoms with van der Waals surface area (Å²) in [6.45, 7) is 1.83. The van der Waals surface area contributed by atoms with Gasteiger partial charge in [0.05, 0.1) is 12.1 Å². The predicted octanol–water partition coefficient (Wildman–Crippen LogP) is 1.84. The molecule has 1 fully saturated rings. The van der Waals surface area contributed by atoms with Crippen molar-refractivity contribution in [1.29, 1.82) is 0 Å². The molecule has 0 radical (unpaired) electrons. The molecule has 0 aliphatic heterocycles. The summed E-state index contributed by atoms with van der Waals surface area (Å²) < 4.78 is 0. The topological polar surface area (TPSA) is 66.4 Å². The van der Waals surface area contributed by atoms with Crippen LogP contribution in [0.25, 0.3) is 0 Å². The van der Waals surface area contributed by atoms with Gasteiger partial charge in [0.25, 0.3) is 5.91 Å². The van der Waals surface area contributed by atoms with Crippen molar-refractivity contribution in [2.24, 2.45) is 0 Å². The van der Waals surface area contributed by atoms with Crippen LogP contribution < -0.4 is 5.32 Å². The molecule has 0 aromatic heterocycles. The van der Waals surface area contributed by atoms with Crippen molar-refractivity contribution in [3.8, 4) is 0 Å². The minimum atomic E-state index is -0.464. The Morgan fingerprint density at radius 2 is 2.11 bits per heavy atom. The van der Waals surface area contributed by atoms with Crippen LogP contribution in [0.15, 0.2) is 18.2 Å². The molecule has 2 N–H and O–H groups in total. The van der Waals surface area contributed by atoms with Crippen LogP contribution in [-0.2, 0) is 0 Å². The first kappa shape index (κ1) is 13.7. The fourth-order valence-corrected chi connectivity index (χ4v) is 2.44. The molecule has 1 amide bonds. The van der Waals surface area contributed by atoms with E-state index in [2.05, 4.69) is 5.32 Å². The Hall–Kier alpha value is -1.68. The van der Waals surface area contributed by atoms with Crippen LogP contribution in [0, 0.1) is 6.92 Å². The molecule has 0 heterocycles. The average molecular weight is 261 g/mol. The van der Waals surface area contributed by atoms with Crippen molar-refractivity contribution in [2.45, 2.75) is 44.8 Å². The summed E-state index contributed by atoms with van der Waals surface area (Å²) >= 11 is 0. The number of nitrogens with one attached hydrogen (secondary N) is 1. The Bertz CT molecular complexity index is 484. The Balaban J connectivity index is 2.09. The van der Waals surface area contributed by atoms with Crippen molar-refractivity contribution < 1.29 is 14.7 Å². The number of aryl methyl sites for hydroxylation is 1. The summed E-state index contributed by atoms with van der Waals surface area (Å²) in [6, 6.07) is 4.87. The summed E-state index contributed by atoms with van der Waals surface area (Å²) in [5.41, 5.74) is 1.84. The second-order valence-electron chi connectivity index (χ2n) is 5.12. The third-order valence-corrected chi connectivity index (χ3v) is 3.71. The first-order chi connectivity index (χ1) is 9.11. The molecule has 2 rings (SSSR count). The zero-order valence-corrected chi connectivity index (χ0v) is 11.1. The minimum absolute atomic E-state index is 0.178. The molecule has 0 spiro atoms. The quantitative estimate of drug-likeness (QED) is 0.816. The van der Waals surface area contributed by atoms with Crippen LogP contribution in [0.1, 0.15) is 52.0 Å². The van der Waals surface area contributed by atoms with Gasteiger partial charge in [-0.3, -0.25) is 9.59 Å². The molecule has 0 bridgehead atoms. The van der Waals surface area contributed by atoms with Gasteiger partial charge < -0.3 is 10.4 Å². The highest BCUT2D eigenvalue weighted by Gasteiger charge is 2.24. The van der Waals surface area contributed by atoms with E-state index >= 15 is 0 Å². The van der Waals surface area contributed by atoms with Gasteiger partial charge in [0.1, 0.15) is 6.29 Å². The van der Waals surface area contributed by atoms with Gasteiger partial charge in [-0.15, -0.1) is 0 Å². The van der Waals surface area contributed by atoms with E-state index in [1.807, 2.05) is 6.92 Å². The van der Waals surface area contributed by atoms with E-state index in [0.29, 0.717) is 11.1 Å². The summed E-state index contributed by atoms with van der Waals surface area (Å²) in [6.07, 6.45) is 3.86. The van der Waals surface area contributed by atoms with Gasteiger partial charge in [-0.1, -0.05) is 18.9 Å². The van der Waals surface area contributed by atoms with Gasteiger partial charge in [0.2, 0.25) is 0 Å². The molecule has 0 unspecified atom stereocenters. The van der Waals surface area contributed by atoms with Crippen molar-refractivity contribution >= 4 is 12.2 Å². The number of carbonyl (C=O) groups excluding carboxylic acids is 2. The molecule has 0 saturated heterocycles. The SMILES string of the molecule is Cc1ccc(C(=O)N[C@H]2CCCC[C@@H]2O)cc1C=O. The van der Waals surface area contributed by atoms with Crippen molar-refractivity contribution in [3.63, 3.8) is 0 Å². The maximum Gasteiger partial charge on any atom is 0.251 e. The third-order valence-electron chi connectivity index (χ3n) is 3.71. The normalized spacial score (nSPS) is 22.8. The van der Waals surface area contributed by atoms with E-state index < -0.39 is 6.10 Å². The monoisotopic (exact) mass is 261 g/mol. The maximum absolute atomic E-state index is 12.1. The van der Waals surface area contributed by atoms with Crippen LogP contribution in [0.5, 0.6) is 0 Å². The average Bonchev–Trinajstić information content (AvgIpc) is 2.42. The summed E-state index contributed by atoms with van der Waals surface area (Å²) in [5.74, 6) is -0.228. The fourth-order valence-electron chi connectivity index (χ4n) is 2.44. The first-order valence-electron chi connectivity index (χ1n) is 6.66. The molecule has 1 aromatic rings. The lowest BCUT2D eigenvalue weighted by Gasteiger charge is -2.28. The number of rotatable bonds is 3. The molecule has 102 valence electrons. The molecule has 4 heteroatoms. The Morgan fingerprint density at radius 3 is 2.79 bits per heavy atom. The zero-order valence-electron chi connectivity index (χ0n) is 11.1. The number of aldehydes is 1. The van der Waals surface area contributed by atoms with Gasteiger partial charge in [-0.25, -0.2) is 0 Å². The standard InChI is InChI=1S/C15H19NO3/c1-10-6-7-11(8-12(10)9-17)15(19)16-13-4-2-3-5-14(13)18/h6-9,13-14,18H,2-5H2,1H3,(H,16,19)/t13-,14-/m0/s1. The lowest BCUT2D eigenvalue weighted by atomic mass is 9.92. The Morgan fingerprint density at radius 1 is 1.37 bits per heavy atom. The van der Waals surface area contributed by atoms with Crippen molar-refractivity contribution in [1.82, 2.24) is 5.32 Å². The molecular weight excluding hydrogens is 242 g/mol. The fraction of sp³-hybridized carbons (Fsp3) is 0.467. The van der Waals surface area contributed by atoms with Gasteiger partial charge >= 0.3 is 0 Å². The second kappa shape index (κ2) is 5.97. The largest absolute Gasteiger partial charge is 0.391 e. The van der Waals surface area contributed by atoms with E-state index in [9.17, 15) is 14.7 Å². The molecule has 2 atom stereocenters. The van der Waals surface area contributed by atoms with E-state index in [-0.39, 0.29) is 11.9 Å². The van der Waals surface area contributed by atoms with Gasteiger partial charge in [0, 0.05) is 11.1 Å². The molecule has 19 heavy (non-hydrogen) atoms. The van der Waals surface area contributed by atoms with E-state index in [1.165, 1.54) is 0 Å². The number of benzene rings is 1. The van der Waals surface area contributed by atoms with Crippen molar-refractivity contribution in [3.05, 3.63) is 34.9 Å². The smallest absolute Gasteiger partial charge is 0.251 e. The van der Waals surface area contributed by atoms with Gasteiger partial charge in [-0.2, -0.15) is 0 Å². The van der Waals surface area contributed by atoms with E-state index in [1.54, 1.807) is 18.2 Å². The van der Waals surface area contributed by atoms with Crippen molar-refractivity contribution in [2.75, 3.05) is 0 Å². The number of amides is 1. The Kier molecular flexibility index (Phi) is 4.32. The molecular formula is C15H19NO3. The predicted molar refractivity (Wildman–Crippen MR) is 72.3 cm³/mol. The highest BCUT2D eigenvalue weighted by atomic mass is 16.3. The van der Waals surface area contributed by atoms with Crippen LogP contribution in [-0.4, -0.2) is 29.4 Å². The van der Waals surface area contributed by atoms with E-state index in [0.717, 1.165) is 37.5 Å². The van der Waals surface area contributed by atoms with Crippen LogP contribution in [0.3, 0.4) is 0 Å². The number of aliphatic hydroxyl groups excluding tert-OH is 1. The van der Waals surface area contributed by atoms with Gasteiger partial charge in [0.15, 0.2) is 0 Å². The highest BCUT2D eigenvalue weighted by molar-refractivity contribution is 5.96. The zero-order chi connectivity index (χ0) is 13.8. The first-order valence-corrected chi connectivity index (χ1v) is 6.66. The van der Waals surface area contributed by atoms with E-state index in [4.69, 9.17) is 0 Å². The number of aliphatic hydroxyl groups is 1. The Labute approximate surface area is 112 Å². The summed E-state index contributed by atoms with van der Waals surface area (Å²) in [4.78, 5) is 23.0. The summed E-state index contributed by atoms with van der Waals surface area (Å²) in [7, 11) is 0. The van der Waals surface area contributed by atoms with Gasteiger partial charge in [-0.05, 0) is 37.5 Å². The molecule has 4 nitrogen and oxygen atoms in total. The number of carbonyl (C=O) groups is 2. The number of hydrogen-bond acceptors (Lipinski definition) is 3.